The number of nitrogens with zero attached hydrogens (tertiary/aromatic N) is 3. The van der Waals surface area contributed by atoms with Gasteiger partial charge in [0.1, 0.15) is 6.04 Å². The molecule has 0 N–H and O–H groups in total. The molecule has 4 heteroatoms. The molecule has 1 unspecified atom stereocenters. The van der Waals surface area contributed by atoms with Crippen LogP contribution in [-0.4, -0.2) is 41.9 Å². The Morgan fingerprint density at radius 1 is 1.30 bits per heavy atom. The Hall–Kier alpha value is -1.86. The average molecular weight is 271 g/mol. The number of carbonyl (C=O) groups excluding carboxylic acids is 1. The summed E-state index contributed by atoms with van der Waals surface area (Å²) in [5, 5.41) is 9.35. The number of rotatable bonds is 6. The van der Waals surface area contributed by atoms with Crippen molar-refractivity contribution >= 4 is 5.91 Å². The highest BCUT2D eigenvalue weighted by atomic mass is 16.2. The van der Waals surface area contributed by atoms with E-state index in [2.05, 4.69) is 24.8 Å². The molecule has 0 saturated carbocycles. The molecule has 1 aliphatic heterocycles. The summed E-state index contributed by atoms with van der Waals surface area (Å²) in [7, 11) is 0. The van der Waals surface area contributed by atoms with Crippen molar-refractivity contribution < 1.29 is 4.79 Å². The minimum Gasteiger partial charge on any atom is -0.318 e. The van der Waals surface area contributed by atoms with Crippen molar-refractivity contribution in [2.45, 2.75) is 26.3 Å². The SMILES string of the molecule is CCN(CC)CCCN1C(=O)c2ccccc2C1C#N. The van der Waals surface area contributed by atoms with Gasteiger partial charge in [-0.15, -0.1) is 0 Å². The van der Waals surface area contributed by atoms with Crippen LogP contribution in [0.15, 0.2) is 24.3 Å². The first-order valence-corrected chi connectivity index (χ1v) is 7.24. The van der Waals surface area contributed by atoms with Gasteiger partial charge in [0.15, 0.2) is 0 Å². The van der Waals surface area contributed by atoms with Crippen molar-refractivity contribution in [1.82, 2.24) is 9.80 Å². The van der Waals surface area contributed by atoms with Crippen molar-refractivity contribution in [1.29, 1.82) is 5.26 Å². The third-order valence-electron chi connectivity index (χ3n) is 3.95. The minimum absolute atomic E-state index is 0.00769. The first-order valence-electron chi connectivity index (χ1n) is 7.24. The molecular weight excluding hydrogens is 250 g/mol. The second-order valence-electron chi connectivity index (χ2n) is 5.00. The van der Waals surface area contributed by atoms with Crippen molar-refractivity contribution in [2.24, 2.45) is 0 Å². The number of hydrogen-bond donors (Lipinski definition) is 0. The second-order valence-corrected chi connectivity index (χ2v) is 5.00. The van der Waals surface area contributed by atoms with Gasteiger partial charge in [-0.1, -0.05) is 32.0 Å². The van der Waals surface area contributed by atoms with Gasteiger partial charge < -0.3 is 9.80 Å². The highest BCUT2D eigenvalue weighted by Crippen LogP contribution is 2.32. The van der Waals surface area contributed by atoms with Crippen LogP contribution in [0.3, 0.4) is 0 Å². The highest BCUT2D eigenvalue weighted by Gasteiger charge is 2.35. The van der Waals surface area contributed by atoms with Crippen LogP contribution >= 0.6 is 0 Å². The molecule has 0 saturated heterocycles. The zero-order chi connectivity index (χ0) is 14.5. The normalized spacial score (nSPS) is 17.4. The van der Waals surface area contributed by atoms with E-state index in [9.17, 15) is 10.1 Å². The molecule has 20 heavy (non-hydrogen) atoms. The standard InChI is InChI=1S/C16H21N3O/c1-3-18(4-2)10-7-11-19-15(12-17)13-8-5-6-9-14(13)16(19)20/h5-6,8-9,15H,3-4,7,10-11H2,1-2H3. The molecular formula is C16H21N3O. The summed E-state index contributed by atoms with van der Waals surface area (Å²) in [6, 6.07) is 9.27. The van der Waals surface area contributed by atoms with Gasteiger partial charge in [0.2, 0.25) is 0 Å². The fourth-order valence-corrected chi connectivity index (χ4v) is 2.74. The van der Waals surface area contributed by atoms with Crippen LogP contribution in [0.1, 0.15) is 42.2 Å². The second kappa shape index (κ2) is 6.53. The Labute approximate surface area is 120 Å². The van der Waals surface area contributed by atoms with Gasteiger partial charge >= 0.3 is 0 Å². The lowest BCUT2D eigenvalue weighted by Gasteiger charge is -2.23. The fourth-order valence-electron chi connectivity index (χ4n) is 2.74. The summed E-state index contributed by atoms with van der Waals surface area (Å²) in [5.41, 5.74) is 1.53. The van der Waals surface area contributed by atoms with E-state index in [0.29, 0.717) is 12.1 Å². The Morgan fingerprint density at radius 3 is 2.65 bits per heavy atom. The molecule has 0 spiro atoms. The summed E-state index contributed by atoms with van der Waals surface area (Å²) in [6.07, 6.45) is 0.902. The van der Waals surface area contributed by atoms with Crippen LogP contribution in [0.4, 0.5) is 0 Å². The third kappa shape index (κ3) is 2.68. The fraction of sp³-hybridized carbons (Fsp3) is 0.500. The molecule has 0 aromatic heterocycles. The third-order valence-corrected chi connectivity index (χ3v) is 3.95. The Morgan fingerprint density at radius 2 is 2.00 bits per heavy atom. The molecule has 1 aromatic carbocycles. The summed E-state index contributed by atoms with van der Waals surface area (Å²) >= 11 is 0. The van der Waals surface area contributed by atoms with E-state index in [-0.39, 0.29) is 5.91 Å². The quantitative estimate of drug-likeness (QED) is 0.798. The van der Waals surface area contributed by atoms with E-state index >= 15 is 0 Å². The minimum atomic E-state index is -0.421. The maximum atomic E-state index is 12.3. The van der Waals surface area contributed by atoms with Crippen molar-refractivity contribution in [3.63, 3.8) is 0 Å². The van der Waals surface area contributed by atoms with Gasteiger partial charge in [-0.3, -0.25) is 4.79 Å². The number of nitriles is 1. The maximum absolute atomic E-state index is 12.3. The molecule has 0 bridgehead atoms. The average Bonchev–Trinajstić information content (AvgIpc) is 2.76. The number of benzene rings is 1. The number of amides is 1. The predicted molar refractivity (Wildman–Crippen MR) is 78.2 cm³/mol. The first-order chi connectivity index (χ1) is 9.72. The van der Waals surface area contributed by atoms with E-state index in [1.807, 2.05) is 24.3 Å². The van der Waals surface area contributed by atoms with Gasteiger partial charge in [0.05, 0.1) is 6.07 Å². The van der Waals surface area contributed by atoms with E-state index in [1.165, 1.54) is 0 Å². The molecule has 2 rings (SSSR count). The molecule has 1 atom stereocenters. The Bertz CT molecular complexity index is 517. The van der Waals surface area contributed by atoms with E-state index in [4.69, 9.17) is 0 Å². The lowest BCUT2D eigenvalue weighted by molar-refractivity contribution is 0.0750. The van der Waals surface area contributed by atoms with Crippen LogP contribution in [0.5, 0.6) is 0 Å². The molecule has 1 heterocycles. The summed E-state index contributed by atoms with van der Waals surface area (Å²) in [4.78, 5) is 16.4. The largest absolute Gasteiger partial charge is 0.318 e. The van der Waals surface area contributed by atoms with Gasteiger partial charge in [-0.25, -0.2) is 0 Å². The van der Waals surface area contributed by atoms with E-state index < -0.39 is 6.04 Å². The first kappa shape index (κ1) is 14.5. The lowest BCUT2D eigenvalue weighted by atomic mass is 10.1. The smallest absolute Gasteiger partial charge is 0.255 e. The van der Waals surface area contributed by atoms with Crippen LogP contribution in [-0.2, 0) is 0 Å². The Balaban J connectivity index is 2.03. The Kier molecular flexibility index (Phi) is 4.75. The van der Waals surface area contributed by atoms with E-state index in [0.717, 1.165) is 31.6 Å². The summed E-state index contributed by atoms with van der Waals surface area (Å²) in [6.45, 7) is 7.92. The molecule has 0 fully saturated rings. The predicted octanol–water partition coefficient (Wildman–Crippen LogP) is 2.44. The topological polar surface area (TPSA) is 47.3 Å². The summed E-state index contributed by atoms with van der Waals surface area (Å²) < 4.78 is 0. The molecule has 0 aliphatic carbocycles. The van der Waals surface area contributed by atoms with Crippen LogP contribution in [0.2, 0.25) is 0 Å². The number of fused-ring (bicyclic) bond motifs is 1. The van der Waals surface area contributed by atoms with Crippen LogP contribution < -0.4 is 0 Å². The summed E-state index contributed by atoms with van der Waals surface area (Å²) in [5.74, 6) is -0.00769. The zero-order valence-electron chi connectivity index (χ0n) is 12.2. The van der Waals surface area contributed by atoms with Gasteiger partial charge in [0.25, 0.3) is 5.91 Å². The van der Waals surface area contributed by atoms with Gasteiger partial charge in [-0.2, -0.15) is 5.26 Å². The van der Waals surface area contributed by atoms with Crippen LogP contribution in [0.25, 0.3) is 0 Å². The monoisotopic (exact) mass is 271 g/mol. The zero-order valence-corrected chi connectivity index (χ0v) is 12.2. The molecule has 106 valence electrons. The van der Waals surface area contributed by atoms with Crippen molar-refractivity contribution in [2.75, 3.05) is 26.2 Å². The lowest BCUT2D eigenvalue weighted by Crippen LogP contribution is -2.32. The number of carbonyl (C=O) groups is 1. The van der Waals surface area contributed by atoms with Crippen molar-refractivity contribution in [3.8, 4) is 6.07 Å². The number of hydrogen-bond acceptors (Lipinski definition) is 3. The van der Waals surface area contributed by atoms with Crippen molar-refractivity contribution in [3.05, 3.63) is 35.4 Å². The molecule has 4 nitrogen and oxygen atoms in total. The molecule has 1 aromatic rings. The maximum Gasteiger partial charge on any atom is 0.255 e. The van der Waals surface area contributed by atoms with Gasteiger partial charge in [-0.05, 0) is 32.1 Å². The van der Waals surface area contributed by atoms with E-state index in [1.54, 1.807) is 4.90 Å². The highest BCUT2D eigenvalue weighted by molar-refractivity contribution is 5.99. The molecule has 1 aliphatic rings. The molecule has 1 amide bonds. The van der Waals surface area contributed by atoms with Crippen LogP contribution in [0, 0.1) is 11.3 Å². The molecule has 0 radical (unpaired) electrons. The van der Waals surface area contributed by atoms with Gasteiger partial charge in [0, 0.05) is 17.7 Å².